The van der Waals surface area contributed by atoms with Crippen LogP contribution in [0, 0.1) is 5.13 Å². The van der Waals surface area contributed by atoms with Crippen molar-refractivity contribution in [3.63, 3.8) is 0 Å². The van der Waals surface area contributed by atoms with Crippen LogP contribution in [0.5, 0.6) is 5.75 Å². The normalized spacial score (nSPS) is 30.1. The molecule has 3 unspecified atom stereocenters. The number of aromatic hydroxyl groups is 1. The first kappa shape index (κ1) is 19.2. The van der Waals surface area contributed by atoms with Crippen LogP contribution in [0.2, 0.25) is 0 Å². The Bertz CT molecular complexity index is 927. The molecule has 2 aliphatic rings. The number of carbonyl (C=O) groups is 1. The average Bonchev–Trinajstić information content (AvgIpc) is 3.28. The van der Waals surface area contributed by atoms with Gasteiger partial charge < -0.3 is 10.0 Å². The maximum absolute atomic E-state index is 13.8. The van der Waals surface area contributed by atoms with E-state index < -0.39 is 22.5 Å². The molecule has 2 fully saturated rings. The lowest BCUT2D eigenvalue weighted by Gasteiger charge is -2.37. The molecule has 1 aromatic carbocycles. The molecule has 0 bridgehead atoms. The van der Waals surface area contributed by atoms with Crippen molar-refractivity contribution in [2.24, 2.45) is 0 Å². The minimum Gasteiger partial charge on any atom is -0.507 e. The first-order chi connectivity index (χ1) is 13.0. The Kier molecular flexibility index (Phi) is 4.26. The Morgan fingerprint density at radius 2 is 1.93 bits per heavy atom. The first-order valence-corrected chi connectivity index (χ1v) is 9.61. The molecule has 2 aromatic rings. The van der Waals surface area contributed by atoms with Crippen molar-refractivity contribution >= 4 is 17.2 Å². The fourth-order valence-electron chi connectivity index (χ4n) is 3.94. The van der Waals surface area contributed by atoms with Crippen LogP contribution in [0.3, 0.4) is 0 Å². The number of carbonyl (C=O) groups excluding carboxylic acids is 1. The van der Waals surface area contributed by atoms with Crippen LogP contribution in [0.15, 0.2) is 30.3 Å². The summed E-state index contributed by atoms with van der Waals surface area (Å²) in [5.74, 6) is -4.33. The quantitative estimate of drug-likeness (QED) is 0.679. The van der Waals surface area contributed by atoms with E-state index >= 15 is 0 Å². The molecule has 150 valence electrons. The molecule has 5 nitrogen and oxygen atoms in total. The molecular weight excluding hydrogens is 391 g/mol. The van der Waals surface area contributed by atoms with Gasteiger partial charge in [-0.2, -0.15) is 4.39 Å². The summed E-state index contributed by atoms with van der Waals surface area (Å²) in [7, 11) is 1.66. The van der Waals surface area contributed by atoms with Gasteiger partial charge >= 0.3 is 0 Å². The third kappa shape index (κ3) is 2.98. The van der Waals surface area contributed by atoms with E-state index in [0.717, 1.165) is 24.3 Å². The van der Waals surface area contributed by atoms with Gasteiger partial charge in [-0.1, -0.05) is 24.3 Å². The van der Waals surface area contributed by atoms with E-state index in [-0.39, 0.29) is 34.4 Å². The van der Waals surface area contributed by atoms with E-state index in [1.54, 1.807) is 18.9 Å². The number of rotatable bonds is 3. The molecule has 0 aliphatic carbocycles. The molecule has 2 saturated heterocycles. The topological polar surface area (TPSA) is 74.5 Å². The maximum Gasteiger partial charge on any atom is 0.270 e. The summed E-state index contributed by atoms with van der Waals surface area (Å²) in [6, 6.07) is 6.59. The number of amides is 1. The van der Waals surface area contributed by atoms with Gasteiger partial charge in [0.15, 0.2) is 5.13 Å². The van der Waals surface area contributed by atoms with Crippen LogP contribution in [0.25, 0.3) is 0 Å². The van der Waals surface area contributed by atoms with Crippen molar-refractivity contribution in [3.8, 4) is 5.75 Å². The van der Waals surface area contributed by atoms with Crippen LogP contribution in [-0.4, -0.2) is 35.3 Å². The summed E-state index contributed by atoms with van der Waals surface area (Å²) in [4.78, 5) is 15.1. The molecule has 1 amide bonds. The molecule has 0 spiro atoms. The molecule has 0 radical (unpaired) electrons. The number of likely N-dealkylation sites (N-methyl/N-ethyl adjacent to an activating group) is 1. The van der Waals surface area contributed by atoms with E-state index in [0.29, 0.717) is 5.56 Å². The van der Waals surface area contributed by atoms with Crippen LogP contribution >= 0.6 is 11.3 Å². The summed E-state index contributed by atoms with van der Waals surface area (Å²) >= 11 is 0.761. The molecular formula is C19H20F3N3O2S. The zero-order valence-corrected chi connectivity index (χ0v) is 16.3. The van der Waals surface area contributed by atoms with Crippen molar-refractivity contribution in [2.45, 2.75) is 43.6 Å². The lowest BCUT2D eigenvalue weighted by Crippen LogP contribution is -2.49. The Morgan fingerprint density at radius 1 is 1.29 bits per heavy atom. The highest BCUT2D eigenvalue weighted by Gasteiger charge is 2.56. The number of nitrogens with one attached hydrogen (secondary N) is 2. The molecule has 9 heteroatoms. The minimum absolute atomic E-state index is 0.158. The lowest BCUT2D eigenvalue weighted by molar-refractivity contribution is -0.133. The second-order valence-electron chi connectivity index (χ2n) is 7.59. The third-order valence-electron chi connectivity index (χ3n) is 5.51. The van der Waals surface area contributed by atoms with Gasteiger partial charge in [0.25, 0.3) is 5.92 Å². The van der Waals surface area contributed by atoms with Gasteiger partial charge in [0.05, 0.1) is 22.5 Å². The van der Waals surface area contributed by atoms with Crippen molar-refractivity contribution in [3.05, 3.63) is 51.5 Å². The molecule has 28 heavy (non-hydrogen) atoms. The third-order valence-corrected chi connectivity index (χ3v) is 6.66. The Balaban J connectivity index is 1.84. The molecule has 3 N–H and O–H groups in total. The largest absolute Gasteiger partial charge is 0.507 e. The molecule has 1 aromatic heterocycles. The zero-order chi connectivity index (χ0) is 20.4. The number of halogens is 3. The average molecular weight is 411 g/mol. The van der Waals surface area contributed by atoms with Crippen LogP contribution in [-0.2, 0) is 16.3 Å². The molecule has 4 atom stereocenters. The highest BCUT2D eigenvalue weighted by Crippen LogP contribution is 2.48. The van der Waals surface area contributed by atoms with E-state index in [1.807, 2.05) is 0 Å². The lowest BCUT2D eigenvalue weighted by atomic mass is 9.78. The number of thiophene rings is 1. The van der Waals surface area contributed by atoms with E-state index in [2.05, 4.69) is 10.6 Å². The Hall–Kier alpha value is -2.10. The van der Waals surface area contributed by atoms with Gasteiger partial charge in [0.1, 0.15) is 11.9 Å². The van der Waals surface area contributed by atoms with E-state index in [1.165, 1.54) is 24.3 Å². The molecule has 2 aliphatic heterocycles. The summed E-state index contributed by atoms with van der Waals surface area (Å²) < 4.78 is 41.0. The standard InChI is InChI=1S/C19H20F3N3O2S/c1-18(14-11(26)8-12(20)28-14)13(17(27)25(3)16-15(23-16)24-18)9-4-6-10(7-5-9)19(2,21)22/h4-8,13,15-16,23-24,26H,1-3H3/t13?,15?,16?,18-/m0/s1. The SMILES string of the molecule is CN1C(=O)C(c2ccc(C(C)(F)F)cc2)[C@@](C)(c2sc(F)cc2O)NC2NC21. The predicted octanol–water partition coefficient (Wildman–Crippen LogP) is 3.02. The van der Waals surface area contributed by atoms with Crippen molar-refractivity contribution in [1.82, 2.24) is 15.5 Å². The second kappa shape index (κ2) is 6.20. The van der Waals surface area contributed by atoms with Crippen LogP contribution < -0.4 is 10.6 Å². The van der Waals surface area contributed by atoms with Crippen molar-refractivity contribution in [1.29, 1.82) is 0 Å². The van der Waals surface area contributed by atoms with Gasteiger partial charge in [-0.15, -0.1) is 11.3 Å². The van der Waals surface area contributed by atoms with Gasteiger partial charge in [0, 0.05) is 25.6 Å². The number of nitrogens with zero attached hydrogens (tertiary/aromatic N) is 1. The Labute approximate surface area is 164 Å². The minimum atomic E-state index is -3.00. The number of alkyl halides is 2. The van der Waals surface area contributed by atoms with E-state index in [4.69, 9.17) is 0 Å². The van der Waals surface area contributed by atoms with Crippen LogP contribution in [0.4, 0.5) is 13.2 Å². The molecule has 3 heterocycles. The number of hydrogen-bond donors (Lipinski definition) is 3. The summed E-state index contributed by atoms with van der Waals surface area (Å²) in [6.07, 6.45) is -0.434. The highest BCUT2D eigenvalue weighted by atomic mass is 32.1. The predicted molar refractivity (Wildman–Crippen MR) is 98.7 cm³/mol. The first-order valence-electron chi connectivity index (χ1n) is 8.80. The van der Waals surface area contributed by atoms with Gasteiger partial charge in [-0.05, 0) is 12.5 Å². The number of fused-ring (bicyclic) bond motifs is 1. The van der Waals surface area contributed by atoms with Crippen molar-refractivity contribution in [2.75, 3.05) is 7.05 Å². The fraction of sp³-hybridized carbons (Fsp3) is 0.421. The fourth-order valence-corrected chi connectivity index (χ4v) is 4.86. The van der Waals surface area contributed by atoms with Gasteiger partial charge in [0.2, 0.25) is 5.91 Å². The molecule has 0 saturated carbocycles. The maximum atomic E-state index is 13.8. The van der Waals surface area contributed by atoms with Gasteiger partial charge in [-0.3, -0.25) is 15.4 Å². The Morgan fingerprint density at radius 3 is 2.46 bits per heavy atom. The number of hydrogen-bond acceptors (Lipinski definition) is 5. The number of benzene rings is 1. The zero-order valence-electron chi connectivity index (χ0n) is 15.5. The van der Waals surface area contributed by atoms with E-state index in [9.17, 15) is 23.1 Å². The summed E-state index contributed by atoms with van der Waals surface area (Å²) in [5.41, 5.74) is -0.784. The second-order valence-corrected chi connectivity index (χ2v) is 8.60. The smallest absolute Gasteiger partial charge is 0.270 e. The van der Waals surface area contributed by atoms with Crippen LogP contribution in [0.1, 0.15) is 35.8 Å². The monoisotopic (exact) mass is 411 g/mol. The summed E-state index contributed by atoms with van der Waals surface area (Å²) in [6.45, 7) is 2.53. The van der Waals surface area contributed by atoms with Crippen molar-refractivity contribution < 1.29 is 23.1 Å². The highest BCUT2D eigenvalue weighted by molar-refractivity contribution is 7.10. The summed E-state index contributed by atoms with van der Waals surface area (Å²) in [5, 5.41) is 16.2. The van der Waals surface area contributed by atoms with Gasteiger partial charge in [-0.25, -0.2) is 8.78 Å². The molecule has 4 rings (SSSR count).